The maximum Gasteiger partial charge on any atom is 0.319 e. The first-order valence-electron chi connectivity index (χ1n) is 6.47. The molecule has 0 aliphatic rings. The molecule has 21 heavy (non-hydrogen) atoms. The van der Waals surface area contributed by atoms with Gasteiger partial charge in [0.1, 0.15) is 5.75 Å². The van der Waals surface area contributed by atoms with E-state index < -0.39 is 0 Å². The van der Waals surface area contributed by atoms with Gasteiger partial charge in [-0.15, -0.1) is 0 Å². The summed E-state index contributed by atoms with van der Waals surface area (Å²) in [4.78, 5) is 15.6. The molecule has 5 nitrogen and oxygen atoms in total. The number of aromatic nitrogens is 1. The van der Waals surface area contributed by atoms with Crippen molar-refractivity contribution in [2.45, 2.75) is 6.42 Å². The smallest absolute Gasteiger partial charge is 0.319 e. The molecular weight excluding hydrogens is 290 g/mol. The molecule has 0 atom stereocenters. The van der Waals surface area contributed by atoms with Gasteiger partial charge < -0.3 is 15.4 Å². The summed E-state index contributed by atoms with van der Waals surface area (Å²) in [6, 6.07) is 10.8. The van der Waals surface area contributed by atoms with Crippen molar-refractivity contribution in [3.8, 4) is 5.75 Å². The zero-order valence-electron chi connectivity index (χ0n) is 11.6. The lowest BCUT2D eigenvalue weighted by Crippen LogP contribution is -2.30. The molecule has 0 fully saturated rings. The molecule has 0 saturated heterocycles. The molecule has 1 aromatic heterocycles. The molecule has 0 spiro atoms. The van der Waals surface area contributed by atoms with Crippen molar-refractivity contribution in [2.75, 3.05) is 19.0 Å². The molecule has 0 saturated carbocycles. The molecule has 110 valence electrons. The van der Waals surface area contributed by atoms with Crippen LogP contribution in [0.3, 0.4) is 0 Å². The van der Waals surface area contributed by atoms with Crippen LogP contribution in [0.4, 0.5) is 10.5 Å². The number of carbonyl (C=O) groups excluding carboxylic acids is 1. The number of benzene rings is 1. The minimum atomic E-state index is -0.307. The van der Waals surface area contributed by atoms with Gasteiger partial charge in [0.05, 0.1) is 12.8 Å². The van der Waals surface area contributed by atoms with E-state index in [1.54, 1.807) is 25.4 Å². The van der Waals surface area contributed by atoms with Crippen molar-refractivity contribution >= 4 is 23.3 Å². The lowest BCUT2D eigenvalue weighted by Gasteiger charge is -2.08. The van der Waals surface area contributed by atoms with Gasteiger partial charge in [0.15, 0.2) is 5.15 Å². The van der Waals surface area contributed by atoms with Crippen LogP contribution in [-0.4, -0.2) is 24.7 Å². The SMILES string of the molecule is COc1ccc(CCNC(=O)Nc2cccnc2Cl)cc1. The molecule has 0 aliphatic heterocycles. The van der Waals surface area contributed by atoms with Crippen LogP contribution in [0, 0.1) is 0 Å². The van der Waals surface area contributed by atoms with Crippen molar-refractivity contribution in [3.63, 3.8) is 0 Å². The number of nitrogens with one attached hydrogen (secondary N) is 2. The number of methoxy groups -OCH3 is 1. The van der Waals surface area contributed by atoms with E-state index in [1.165, 1.54) is 0 Å². The second-order valence-electron chi connectivity index (χ2n) is 4.32. The Labute approximate surface area is 128 Å². The van der Waals surface area contributed by atoms with Crippen LogP contribution in [0.2, 0.25) is 5.15 Å². The number of anilines is 1. The Bertz CT molecular complexity index is 602. The zero-order valence-corrected chi connectivity index (χ0v) is 12.4. The highest BCUT2D eigenvalue weighted by Crippen LogP contribution is 2.17. The van der Waals surface area contributed by atoms with Gasteiger partial charge in [0.25, 0.3) is 0 Å². The summed E-state index contributed by atoms with van der Waals surface area (Å²) >= 11 is 5.86. The number of rotatable bonds is 5. The molecule has 1 heterocycles. The van der Waals surface area contributed by atoms with Gasteiger partial charge >= 0.3 is 6.03 Å². The number of ether oxygens (including phenoxy) is 1. The largest absolute Gasteiger partial charge is 0.497 e. The fourth-order valence-electron chi connectivity index (χ4n) is 1.76. The van der Waals surface area contributed by atoms with Gasteiger partial charge in [-0.2, -0.15) is 0 Å². The van der Waals surface area contributed by atoms with Crippen LogP contribution >= 0.6 is 11.6 Å². The molecule has 2 aromatic rings. The van der Waals surface area contributed by atoms with Gasteiger partial charge in [0, 0.05) is 12.7 Å². The Morgan fingerprint density at radius 2 is 2.05 bits per heavy atom. The number of halogens is 1. The van der Waals surface area contributed by atoms with Crippen molar-refractivity contribution in [1.29, 1.82) is 0 Å². The van der Waals surface area contributed by atoms with Gasteiger partial charge in [-0.05, 0) is 36.2 Å². The van der Waals surface area contributed by atoms with E-state index in [9.17, 15) is 4.79 Å². The predicted molar refractivity (Wildman–Crippen MR) is 83.0 cm³/mol. The van der Waals surface area contributed by atoms with E-state index in [1.807, 2.05) is 24.3 Å². The van der Waals surface area contributed by atoms with E-state index in [-0.39, 0.29) is 11.2 Å². The number of nitrogens with zero attached hydrogens (tertiary/aromatic N) is 1. The molecule has 2 N–H and O–H groups in total. The molecular formula is C15H16ClN3O2. The first kappa shape index (κ1) is 15.1. The van der Waals surface area contributed by atoms with E-state index >= 15 is 0 Å². The molecule has 0 aliphatic carbocycles. The second kappa shape index (κ2) is 7.50. The van der Waals surface area contributed by atoms with Gasteiger partial charge in [-0.3, -0.25) is 0 Å². The molecule has 6 heteroatoms. The summed E-state index contributed by atoms with van der Waals surface area (Å²) in [7, 11) is 1.63. The number of urea groups is 1. The molecule has 2 amide bonds. The minimum Gasteiger partial charge on any atom is -0.497 e. The third-order valence-electron chi connectivity index (χ3n) is 2.87. The van der Waals surface area contributed by atoms with E-state index in [4.69, 9.17) is 16.3 Å². The van der Waals surface area contributed by atoms with Crippen molar-refractivity contribution in [2.24, 2.45) is 0 Å². The number of amides is 2. The van der Waals surface area contributed by atoms with E-state index in [2.05, 4.69) is 15.6 Å². The highest BCUT2D eigenvalue weighted by Gasteiger charge is 2.05. The first-order chi connectivity index (χ1) is 10.2. The van der Waals surface area contributed by atoms with Crippen molar-refractivity contribution in [3.05, 3.63) is 53.3 Å². The van der Waals surface area contributed by atoms with Crippen LogP contribution in [0.5, 0.6) is 5.75 Å². The third kappa shape index (κ3) is 4.65. The van der Waals surface area contributed by atoms with Gasteiger partial charge in [-0.1, -0.05) is 23.7 Å². The fourth-order valence-corrected chi connectivity index (χ4v) is 1.92. The Morgan fingerprint density at radius 1 is 1.29 bits per heavy atom. The number of pyridine rings is 1. The Kier molecular flexibility index (Phi) is 5.40. The Hall–Kier alpha value is -2.27. The summed E-state index contributed by atoms with van der Waals surface area (Å²) in [5, 5.41) is 5.68. The van der Waals surface area contributed by atoms with Crippen LogP contribution in [0.15, 0.2) is 42.6 Å². The predicted octanol–water partition coefficient (Wildman–Crippen LogP) is 3.11. The van der Waals surface area contributed by atoms with Crippen LogP contribution in [0.1, 0.15) is 5.56 Å². The zero-order chi connectivity index (χ0) is 15.1. The Morgan fingerprint density at radius 3 is 2.71 bits per heavy atom. The van der Waals surface area contributed by atoms with Crippen LogP contribution < -0.4 is 15.4 Å². The summed E-state index contributed by atoms with van der Waals surface area (Å²) < 4.78 is 5.09. The van der Waals surface area contributed by atoms with Crippen LogP contribution in [-0.2, 0) is 6.42 Å². The topological polar surface area (TPSA) is 63.2 Å². The summed E-state index contributed by atoms with van der Waals surface area (Å²) in [6.07, 6.45) is 2.30. The minimum absolute atomic E-state index is 0.266. The van der Waals surface area contributed by atoms with E-state index in [0.717, 1.165) is 17.7 Å². The highest BCUT2D eigenvalue weighted by molar-refractivity contribution is 6.32. The number of carbonyl (C=O) groups is 1. The second-order valence-corrected chi connectivity index (χ2v) is 4.68. The molecule has 2 rings (SSSR count). The van der Waals surface area contributed by atoms with Crippen molar-refractivity contribution in [1.82, 2.24) is 10.3 Å². The van der Waals surface area contributed by atoms with Crippen LogP contribution in [0.25, 0.3) is 0 Å². The van der Waals surface area contributed by atoms with Gasteiger partial charge in [-0.25, -0.2) is 9.78 Å². The fraction of sp³-hybridized carbons (Fsp3) is 0.200. The third-order valence-corrected chi connectivity index (χ3v) is 3.17. The maximum atomic E-state index is 11.7. The quantitative estimate of drug-likeness (QED) is 0.834. The number of hydrogen-bond acceptors (Lipinski definition) is 3. The molecule has 0 unspecified atom stereocenters. The van der Waals surface area contributed by atoms with E-state index in [0.29, 0.717) is 12.2 Å². The first-order valence-corrected chi connectivity index (χ1v) is 6.85. The van der Waals surface area contributed by atoms with Crippen molar-refractivity contribution < 1.29 is 9.53 Å². The molecule has 1 aromatic carbocycles. The lowest BCUT2D eigenvalue weighted by atomic mass is 10.1. The molecule has 0 radical (unpaired) electrons. The highest BCUT2D eigenvalue weighted by atomic mass is 35.5. The standard InChI is InChI=1S/C15H16ClN3O2/c1-21-12-6-4-11(5-7-12)8-10-18-15(20)19-13-3-2-9-17-14(13)16/h2-7,9H,8,10H2,1H3,(H2,18,19,20). The Balaban J connectivity index is 1.77. The number of hydrogen-bond donors (Lipinski definition) is 2. The molecule has 0 bridgehead atoms. The normalized spacial score (nSPS) is 10.0. The monoisotopic (exact) mass is 305 g/mol. The average Bonchev–Trinajstić information content (AvgIpc) is 2.50. The average molecular weight is 306 g/mol. The summed E-state index contributed by atoms with van der Waals surface area (Å²) in [5.41, 5.74) is 1.61. The summed E-state index contributed by atoms with van der Waals surface area (Å²) in [5.74, 6) is 0.815. The lowest BCUT2D eigenvalue weighted by molar-refractivity contribution is 0.252. The van der Waals surface area contributed by atoms with Gasteiger partial charge in [0.2, 0.25) is 0 Å². The summed E-state index contributed by atoms with van der Waals surface area (Å²) in [6.45, 7) is 0.524. The maximum absolute atomic E-state index is 11.7.